The van der Waals surface area contributed by atoms with Gasteiger partial charge in [0, 0.05) is 17.1 Å². The van der Waals surface area contributed by atoms with Crippen LogP contribution in [0.25, 0.3) is 0 Å². The molecule has 5 nitrogen and oxygen atoms in total. The largest absolute Gasteiger partial charge is 0.497 e. The predicted octanol–water partition coefficient (Wildman–Crippen LogP) is 3.84. The van der Waals surface area contributed by atoms with E-state index in [1.807, 2.05) is 6.07 Å². The Morgan fingerprint density at radius 2 is 1.87 bits per heavy atom. The van der Waals surface area contributed by atoms with Crippen LogP contribution < -0.4 is 10.1 Å². The van der Waals surface area contributed by atoms with Crippen molar-refractivity contribution in [2.45, 2.75) is 12.6 Å². The maximum Gasteiger partial charge on any atom is 0.409 e. The van der Waals surface area contributed by atoms with Crippen LogP contribution in [-0.4, -0.2) is 13.2 Å². The lowest BCUT2D eigenvalue weighted by atomic mass is 10.1. The zero-order valence-corrected chi connectivity index (χ0v) is 13.2. The van der Waals surface area contributed by atoms with Crippen LogP contribution in [0.3, 0.4) is 0 Å². The van der Waals surface area contributed by atoms with Crippen molar-refractivity contribution in [3.05, 3.63) is 64.7 Å². The summed E-state index contributed by atoms with van der Waals surface area (Å²) in [4.78, 5) is 11.8. The van der Waals surface area contributed by atoms with E-state index in [9.17, 15) is 4.79 Å². The number of alkyl carbamates (subject to hydrolysis) is 1. The molecule has 0 fully saturated rings. The first kappa shape index (κ1) is 16.7. The van der Waals surface area contributed by atoms with E-state index in [4.69, 9.17) is 26.3 Å². The number of ether oxygens (including phenoxy) is 2. The molecule has 0 saturated carbocycles. The number of methoxy groups -OCH3 is 1. The molecule has 0 heterocycles. The summed E-state index contributed by atoms with van der Waals surface area (Å²) in [6.07, 6.45) is -1.64. The van der Waals surface area contributed by atoms with Gasteiger partial charge in [0.25, 0.3) is 0 Å². The van der Waals surface area contributed by atoms with Crippen LogP contribution in [0.5, 0.6) is 5.75 Å². The highest BCUT2D eigenvalue weighted by molar-refractivity contribution is 6.30. The van der Waals surface area contributed by atoms with Gasteiger partial charge in [-0.15, -0.1) is 0 Å². The number of carbonyl (C=O) groups is 1. The van der Waals surface area contributed by atoms with Gasteiger partial charge in [-0.2, -0.15) is 5.26 Å². The van der Waals surface area contributed by atoms with Gasteiger partial charge in [-0.05, 0) is 29.8 Å². The average Bonchev–Trinajstić information content (AvgIpc) is 2.59. The number of halogens is 1. The van der Waals surface area contributed by atoms with Crippen LogP contribution in [-0.2, 0) is 11.3 Å². The summed E-state index contributed by atoms with van der Waals surface area (Å²) in [6.45, 7) is 0.288. The molecule has 1 N–H and O–H groups in total. The minimum absolute atomic E-state index is 0.288. The number of amides is 1. The second kappa shape index (κ2) is 8.06. The minimum Gasteiger partial charge on any atom is -0.497 e. The van der Waals surface area contributed by atoms with Crippen molar-refractivity contribution in [3.8, 4) is 11.8 Å². The molecule has 0 aromatic heterocycles. The van der Waals surface area contributed by atoms with E-state index in [0.717, 1.165) is 5.56 Å². The predicted molar refractivity (Wildman–Crippen MR) is 86.1 cm³/mol. The Morgan fingerprint density at radius 3 is 2.43 bits per heavy atom. The Morgan fingerprint density at radius 1 is 1.22 bits per heavy atom. The summed E-state index contributed by atoms with van der Waals surface area (Å²) >= 11 is 5.79. The molecule has 1 atom stereocenters. The molecule has 1 unspecified atom stereocenters. The van der Waals surface area contributed by atoms with Crippen molar-refractivity contribution in [2.75, 3.05) is 7.11 Å². The summed E-state index contributed by atoms with van der Waals surface area (Å²) in [5.74, 6) is 0.664. The zero-order valence-electron chi connectivity index (χ0n) is 12.5. The third kappa shape index (κ3) is 4.90. The van der Waals surface area contributed by atoms with Crippen molar-refractivity contribution in [2.24, 2.45) is 0 Å². The number of carbonyl (C=O) groups excluding carboxylic acids is 1. The molecular weight excluding hydrogens is 316 g/mol. The summed E-state index contributed by atoms with van der Waals surface area (Å²) in [7, 11) is 1.55. The van der Waals surface area contributed by atoms with Gasteiger partial charge >= 0.3 is 6.09 Å². The molecule has 0 aliphatic carbocycles. The highest BCUT2D eigenvalue weighted by atomic mass is 35.5. The summed E-state index contributed by atoms with van der Waals surface area (Å²) < 4.78 is 10.2. The minimum atomic E-state index is -0.980. The molecule has 1 amide bonds. The molecule has 23 heavy (non-hydrogen) atoms. The summed E-state index contributed by atoms with van der Waals surface area (Å²) in [5, 5.41) is 12.4. The van der Waals surface area contributed by atoms with Crippen molar-refractivity contribution < 1.29 is 14.3 Å². The molecule has 0 saturated heterocycles. The summed E-state index contributed by atoms with van der Waals surface area (Å²) in [5.41, 5.74) is 1.46. The molecule has 0 radical (unpaired) electrons. The molecule has 2 rings (SSSR count). The van der Waals surface area contributed by atoms with Crippen molar-refractivity contribution >= 4 is 17.7 Å². The lowest BCUT2D eigenvalue weighted by molar-refractivity contribution is 0.122. The lowest BCUT2D eigenvalue weighted by Crippen LogP contribution is -2.25. The van der Waals surface area contributed by atoms with E-state index in [-0.39, 0.29) is 6.54 Å². The average molecular weight is 331 g/mol. The number of hydrogen-bond donors (Lipinski definition) is 1. The van der Waals surface area contributed by atoms with Crippen LogP contribution in [0.1, 0.15) is 17.2 Å². The smallest absolute Gasteiger partial charge is 0.409 e. The van der Waals surface area contributed by atoms with E-state index in [0.29, 0.717) is 16.3 Å². The number of rotatable bonds is 5. The monoisotopic (exact) mass is 330 g/mol. The fourth-order valence-electron chi connectivity index (χ4n) is 1.87. The highest BCUT2D eigenvalue weighted by Crippen LogP contribution is 2.20. The summed E-state index contributed by atoms with van der Waals surface area (Å²) in [6, 6.07) is 15.8. The standard InChI is InChI=1S/C17H15ClN2O3/c1-22-15-8-4-13(5-9-15)16(10-19)23-17(21)20-11-12-2-6-14(18)7-3-12/h2-9,16H,11H2,1H3,(H,20,21). The maximum atomic E-state index is 11.8. The molecule has 0 bridgehead atoms. The van der Waals surface area contributed by atoms with Gasteiger partial charge in [-0.25, -0.2) is 4.79 Å². The van der Waals surface area contributed by atoms with Crippen LogP contribution in [0.4, 0.5) is 4.79 Å². The Balaban J connectivity index is 1.91. The molecule has 0 aliphatic heterocycles. The Kier molecular flexibility index (Phi) is 5.84. The SMILES string of the molecule is COc1ccc(C(C#N)OC(=O)NCc2ccc(Cl)cc2)cc1. The number of hydrogen-bond acceptors (Lipinski definition) is 4. The zero-order chi connectivity index (χ0) is 16.7. The first-order valence-corrected chi connectivity index (χ1v) is 7.22. The Bertz CT molecular complexity index is 693. The van der Waals surface area contributed by atoms with Crippen molar-refractivity contribution in [1.29, 1.82) is 5.26 Å². The van der Waals surface area contributed by atoms with Gasteiger partial charge in [-0.3, -0.25) is 0 Å². The van der Waals surface area contributed by atoms with Gasteiger partial charge < -0.3 is 14.8 Å². The third-order valence-corrected chi connectivity index (χ3v) is 3.36. The quantitative estimate of drug-likeness (QED) is 0.904. The molecule has 2 aromatic carbocycles. The maximum absolute atomic E-state index is 11.8. The first-order chi connectivity index (χ1) is 11.1. The number of nitrogens with zero attached hydrogens (tertiary/aromatic N) is 1. The molecule has 0 spiro atoms. The normalized spacial score (nSPS) is 11.2. The van der Waals surface area contributed by atoms with E-state index in [1.54, 1.807) is 55.6 Å². The highest BCUT2D eigenvalue weighted by Gasteiger charge is 2.15. The van der Waals surface area contributed by atoms with E-state index >= 15 is 0 Å². The van der Waals surface area contributed by atoms with E-state index in [2.05, 4.69) is 5.32 Å². The second-order valence-corrected chi connectivity index (χ2v) is 5.10. The lowest BCUT2D eigenvalue weighted by Gasteiger charge is -2.12. The van der Waals surface area contributed by atoms with E-state index < -0.39 is 12.2 Å². The first-order valence-electron chi connectivity index (χ1n) is 6.85. The van der Waals surface area contributed by atoms with Crippen molar-refractivity contribution in [3.63, 3.8) is 0 Å². The number of nitrogens with one attached hydrogen (secondary N) is 1. The number of nitriles is 1. The van der Waals surface area contributed by atoms with E-state index in [1.165, 1.54) is 0 Å². The van der Waals surface area contributed by atoms with Crippen LogP contribution in [0, 0.1) is 11.3 Å². The number of benzene rings is 2. The third-order valence-electron chi connectivity index (χ3n) is 3.11. The van der Waals surface area contributed by atoms with Crippen LogP contribution in [0.2, 0.25) is 5.02 Å². The topological polar surface area (TPSA) is 71.3 Å². The van der Waals surface area contributed by atoms with Gasteiger partial charge in [0.2, 0.25) is 6.10 Å². The fraction of sp³-hybridized carbons (Fsp3) is 0.176. The van der Waals surface area contributed by atoms with Crippen LogP contribution >= 0.6 is 11.6 Å². The molecule has 6 heteroatoms. The van der Waals surface area contributed by atoms with Gasteiger partial charge in [0.05, 0.1) is 7.11 Å². The van der Waals surface area contributed by atoms with Crippen molar-refractivity contribution in [1.82, 2.24) is 5.32 Å². The molecule has 118 valence electrons. The molecule has 2 aromatic rings. The molecule has 0 aliphatic rings. The molecular formula is C17H15ClN2O3. The van der Waals surface area contributed by atoms with Gasteiger partial charge in [0.1, 0.15) is 11.8 Å². The second-order valence-electron chi connectivity index (χ2n) is 4.67. The fourth-order valence-corrected chi connectivity index (χ4v) is 2.00. The Hall–Kier alpha value is -2.71. The van der Waals surface area contributed by atoms with Crippen LogP contribution in [0.15, 0.2) is 48.5 Å². The van der Waals surface area contributed by atoms with Gasteiger partial charge in [0.15, 0.2) is 0 Å². The van der Waals surface area contributed by atoms with Gasteiger partial charge in [-0.1, -0.05) is 35.9 Å². The Labute approximate surface area is 139 Å².